The summed E-state index contributed by atoms with van der Waals surface area (Å²) in [5.74, 6) is 0. The second-order valence-corrected chi connectivity index (χ2v) is 2.73. The van der Waals surface area contributed by atoms with Crippen molar-refractivity contribution >= 4 is 6.21 Å². The first-order chi connectivity index (χ1) is 6.33. The number of oxime groups is 1. The van der Waals surface area contributed by atoms with E-state index in [1.54, 1.807) is 12.3 Å². The number of rotatable bonds is 4. The van der Waals surface area contributed by atoms with Crippen LogP contribution in [0.15, 0.2) is 42.1 Å². The Kier molecular flexibility index (Phi) is 3.76. The normalized spacial score (nSPS) is 10.2. The molecule has 0 fully saturated rings. The zero-order valence-electron chi connectivity index (χ0n) is 7.73. The van der Waals surface area contributed by atoms with Gasteiger partial charge in [0.05, 0.1) is 6.21 Å². The molecule has 68 valence electrons. The second kappa shape index (κ2) is 5.14. The van der Waals surface area contributed by atoms with Gasteiger partial charge in [0, 0.05) is 0 Å². The summed E-state index contributed by atoms with van der Waals surface area (Å²) in [6.07, 6.45) is 3.35. The lowest BCUT2D eigenvalue weighted by Gasteiger charge is -1.95. The van der Waals surface area contributed by atoms with Gasteiger partial charge >= 0.3 is 0 Å². The van der Waals surface area contributed by atoms with Crippen LogP contribution >= 0.6 is 0 Å². The molecule has 0 radical (unpaired) electrons. The molecule has 0 atom stereocenters. The topological polar surface area (TPSA) is 21.6 Å². The number of hydrogen-bond acceptors (Lipinski definition) is 2. The van der Waals surface area contributed by atoms with Crippen LogP contribution in [0.3, 0.4) is 0 Å². The Morgan fingerprint density at radius 3 is 3.08 bits per heavy atom. The minimum Gasteiger partial charge on any atom is -0.392 e. The van der Waals surface area contributed by atoms with Crippen LogP contribution in [0.4, 0.5) is 0 Å². The SMILES string of the molecule is C=CCO/N=C/c1cccc(C)c1. The first-order valence-electron chi connectivity index (χ1n) is 4.16. The van der Waals surface area contributed by atoms with Gasteiger partial charge in [0.25, 0.3) is 0 Å². The van der Waals surface area contributed by atoms with Gasteiger partial charge in [-0.2, -0.15) is 0 Å². The van der Waals surface area contributed by atoms with Gasteiger partial charge in [0.2, 0.25) is 0 Å². The predicted molar refractivity (Wildman–Crippen MR) is 54.9 cm³/mol. The van der Waals surface area contributed by atoms with Crippen LogP contribution in [0.5, 0.6) is 0 Å². The molecule has 2 heteroatoms. The summed E-state index contributed by atoms with van der Waals surface area (Å²) in [5.41, 5.74) is 2.26. The summed E-state index contributed by atoms with van der Waals surface area (Å²) < 4.78 is 0. The lowest BCUT2D eigenvalue weighted by molar-refractivity contribution is 0.176. The van der Waals surface area contributed by atoms with Crippen LogP contribution in [0.25, 0.3) is 0 Å². The van der Waals surface area contributed by atoms with Crippen LogP contribution in [0.2, 0.25) is 0 Å². The zero-order valence-corrected chi connectivity index (χ0v) is 7.73. The van der Waals surface area contributed by atoms with Gasteiger partial charge in [0.1, 0.15) is 6.61 Å². The van der Waals surface area contributed by atoms with Crippen molar-refractivity contribution in [1.29, 1.82) is 0 Å². The Balaban J connectivity index is 2.53. The number of benzene rings is 1. The summed E-state index contributed by atoms with van der Waals surface area (Å²) in [6, 6.07) is 8.06. The molecule has 0 aliphatic rings. The molecule has 1 aromatic rings. The Hall–Kier alpha value is -1.57. The molecule has 0 bridgehead atoms. The zero-order chi connectivity index (χ0) is 9.52. The van der Waals surface area contributed by atoms with E-state index in [-0.39, 0.29) is 0 Å². The molecule has 2 nitrogen and oxygen atoms in total. The molecule has 13 heavy (non-hydrogen) atoms. The van der Waals surface area contributed by atoms with Crippen LogP contribution in [0.1, 0.15) is 11.1 Å². The summed E-state index contributed by atoms with van der Waals surface area (Å²) in [5, 5.41) is 3.78. The second-order valence-electron chi connectivity index (χ2n) is 2.73. The standard InChI is InChI=1S/C11H13NO/c1-3-7-13-12-9-11-6-4-5-10(2)8-11/h3-6,8-9H,1,7H2,2H3/b12-9+. The minimum atomic E-state index is 0.447. The van der Waals surface area contributed by atoms with E-state index in [9.17, 15) is 0 Å². The number of nitrogens with zero attached hydrogens (tertiary/aromatic N) is 1. The van der Waals surface area contributed by atoms with Gasteiger partial charge in [-0.05, 0) is 12.5 Å². The third-order valence-corrected chi connectivity index (χ3v) is 1.51. The van der Waals surface area contributed by atoms with E-state index in [1.165, 1.54) is 5.56 Å². The van der Waals surface area contributed by atoms with Crippen molar-refractivity contribution in [2.45, 2.75) is 6.92 Å². The molecule has 0 spiro atoms. The fourth-order valence-electron chi connectivity index (χ4n) is 0.944. The van der Waals surface area contributed by atoms with E-state index in [0.717, 1.165) is 5.56 Å². The maximum absolute atomic E-state index is 4.88. The maximum Gasteiger partial charge on any atom is 0.135 e. The van der Waals surface area contributed by atoms with Crippen molar-refractivity contribution in [2.24, 2.45) is 5.16 Å². The lowest BCUT2D eigenvalue weighted by atomic mass is 10.2. The van der Waals surface area contributed by atoms with Gasteiger partial charge in [-0.15, -0.1) is 0 Å². The molecule has 0 saturated heterocycles. The summed E-state index contributed by atoms with van der Waals surface area (Å²) in [4.78, 5) is 4.88. The Morgan fingerprint density at radius 1 is 1.54 bits per heavy atom. The smallest absolute Gasteiger partial charge is 0.135 e. The van der Waals surface area contributed by atoms with Gasteiger partial charge in [0.15, 0.2) is 0 Å². The monoisotopic (exact) mass is 175 g/mol. The fraction of sp³-hybridized carbons (Fsp3) is 0.182. The Bertz CT molecular complexity index is 305. The quantitative estimate of drug-likeness (QED) is 0.298. The van der Waals surface area contributed by atoms with Crippen molar-refractivity contribution < 1.29 is 4.84 Å². The highest BCUT2D eigenvalue weighted by molar-refractivity contribution is 5.79. The molecule has 1 rings (SSSR count). The molecule has 0 aromatic heterocycles. The van der Waals surface area contributed by atoms with Gasteiger partial charge in [-0.25, -0.2) is 0 Å². The van der Waals surface area contributed by atoms with Crippen molar-refractivity contribution in [3.8, 4) is 0 Å². The van der Waals surface area contributed by atoms with Gasteiger partial charge in [-0.1, -0.05) is 47.6 Å². The Labute approximate surface area is 78.5 Å². The highest BCUT2D eigenvalue weighted by Gasteiger charge is 1.87. The van der Waals surface area contributed by atoms with E-state index in [1.807, 2.05) is 31.2 Å². The first-order valence-corrected chi connectivity index (χ1v) is 4.16. The van der Waals surface area contributed by atoms with E-state index in [4.69, 9.17) is 4.84 Å². The summed E-state index contributed by atoms with van der Waals surface area (Å²) >= 11 is 0. The molecule has 0 heterocycles. The first kappa shape index (κ1) is 9.52. The Morgan fingerprint density at radius 2 is 2.38 bits per heavy atom. The molecular formula is C11H13NO. The van der Waals surface area contributed by atoms with Crippen molar-refractivity contribution in [3.63, 3.8) is 0 Å². The number of aryl methyl sites for hydroxylation is 1. The predicted octanol–water partition coefficient (Wildman–Crippen LogP) is 2.53. The van der Waals surface area contributed by atoms with Crippen LogP contribution in [-0.4, -0.2) is 12.8 Å². The van der Waals surface area contributed by atoms with E-state index in [0.29, 0.717) is 6.61 Å². The van der Waals surface area contributed by atoms with Crippen LogP contribution < -0.4 is 0 Å². The summed E-state index contributed by atoms with van der Waals surface area (Å²) in [7, 11) is 0. The van der Waals surface area contributed by atoms with E-state index >= 15 is 0 Å². The fourth-order valence-corrected chi connectivity index (χ4v) is 0.944. The van der Waals surface area contributed by atoms with Gasteiger partial charge < -0.3 is 4.84 Å². The summed E-state index contributed by atoms with van der Waals surface area (Å²) in [6.45, 7) is 6.01. The minimum absolute atomic E-state index is 0.447. The highest BCUT2D eigenvalue weighted by Crippen LogP contribution is 2.00. The van der Waals surface area contributed by atoms with Gasteiger partial charge in [-0.3, -0.25) is 0 Å². The third-order valence-electron chi connectivity index (χ3n) is 1.51. The van der Waals surface area contributed by atoms with Crippen molar-refractivity contribution in [3.05, 3.63) is 48.0 Å². The average molecular weight is 175 g/mol. The molecule has 0 N–H and O–H groups in total. The van der Waals surface area contributed by atoms with Crippen LogP contribution in [-0.2, 0) is 4.84 Å². The largest absolute Gasteiger partial charge is 0.392 e. The van der Waals surface area contributed by atoms with E-state index in [2.05, 4.69) is 11.7 Å². The lowest BCUT2D eigenvalue weighted by Crippen LogP contribution is -1.85. The highest BCUT2D eigenvalue weighted by atomic mass is 16.6. The van der Waals surface area contributed by atoms with Crippen molar-refractivity contribution in [1.82, 2.24) is 0 Å². The third kappa shape index (κ3) is 3.56. The number of hydrogen-bond donors (Lipinski definition) is 0. The molecule has 0 aliphatic carbocycles. The molecule has 0 amide bonds. The molecular weight excluding hydrogens is 162 g/mol. The van der Waals surface area contributed by atoms with E-state index < -0.39 is 0 Å². The van der Waals surface area contributed by atoms with Crippen molar-refractivity contribution in [2.75, 3.05) is 6.61 Å². The maximum atomic E-state index is 4.88. The molecule has 0 unspecified atom stereocenters. The average Bonchev–Trinajstić information content (AvgIpc) is 2.13. The molecule has 0 saturated carbocycles. The molecule has 0 aliphatic heterocycles. The van der Waals surface area contributed by atoms with Crippen LogP contribution in [0, 0.1) is 6.92 Å². The molecule has 1 aromatic carbocycles.